The van der Waals surface area contributed by atoms with Crippen LogP contribution in [0.15, 0.2) is 54.6 Å². The molecular formula is C23H22ClF3N2O2. The minimum absolute atomic E-state index is 0.0295. The standard InChI is InChI=1S/C23H22ClF3N2O2/c1-14(2)28-22(30)31-21-19(17-9-11-18(24)12-10-17)15(3)20(23(25,26)27)29(21)13-16-7-5-4-6-8-16/h4-12,14H,13H2,1-3H3,(H,28,30). The van der Waals surface area contributed by atoms with Crippen molar-refractivity contribution in [1.82, 2.24) is 9.88 Å². The first-order valence-electron chi connectivity index (χ1n) is 9.66. The molecule has 31 heavy (non-hydrogen) atoms. The van der Waals surface area contributed by atoms with Gasteiger partial charge in [0.1, 0.15) is 5.69 Å². The summed E-state index contributed by atoms with van der Waals surface area (Å²) >= 11 is 5.96. The predicted molar refractivity (Wildman–Crippen MR) is 114 cm³/mol. The van der Waals surface area contributed by atoms with Gasteiger partial charge in [0.25, 0.3) is 0 Å². The van der Waals surface area contributed by atoms with E-state index in [0.29, 0.717) is 16.1 Å². The van der Waals surface area contributed by atoms with E-state index in [-0.39, 0.29) is 29.6 Å². The lowest BCUT2D eigenvalue weighted by molar-refractivity contribution is -0.144. The number of amides is 1. The van der Waals surface area contributed by atoms with E-state index < -0.39 is 18.0 Å². The number of hydrogen-bond acceptors (Lipinski definition) is 2. The van der Waals surface area contributed by atoms with Crippen LogP contribution in [0.5, 0.6) is 5.88 Å². The Morgan fingerprint density at radius 3 is 2.26 bits per heavy atom. The molecule has 0 spiro atoms. The Labute approximate surface area is 183 Å². The van der Waals surface area contributed by atoms with E-state index in [1.807, 2.05) is 0 Å². The van der Waals surface area contributed by atoms with Gasteiger partial charge in [-0.05, 0) is 49.6 Å². The van der Waals surface area contributed by atoms with E-state index in [0.717, 1.165) is 4.57 Å². The number of nitrogens with one attached hydrogen (secondary N) is 1. The van der Waals surface area contributed by atoms with Crippen LogP contribution >= 0.6 is 11.6 Å². The second-order valence-corrected chi connectivity index (χ2v) is 7.86. The lowest BCUT2D eigenvalue weighted by Gasteiger charge is -2.17. The van der Waals surface area contributed by atoms with Crippen LogP contribution in [0.4, 0.5) is 18.0 Å². The van der Waals surface area contributed by atoms with Gasteiger partial charge in [-0.25, -0.2) is 4.79 Å². The lowest BCUT2D eigenvalue weighted by atomic mass is 10.0. The summed E-state index contributed by atoms with van der Waals surface area (Å²) in [5.41, 5.74) is 0.400. The fourth-order valence-corrected chi connectivity index (χ4v) is 3.54. The van der Waals surface area contributed by atoms with Crippen molar-refractivity contribution in [3.63, 3.8) is 0 Å². The number of rotatable bonds is 5. The zero-order valence-electron chi connectivity index (χ0n) is 17.3. The van der Waals surface area contributed by atoms with Gasteiger partial charge in [0, 0.05) is 16.6 Å². The largest absolute Gasteiger partial charge is 0.431 e. The first kappa shape index (κ1) is 22.7. The minimum Gasteiger partial charge on any atom is -0.392 e. The minimum atomic E-state index is -4.66. The van der Waals surface area contributed by atoms with Gasteiger partial charge in [0.15, 0.2) is 0 Å². The van der Waals surface area contributed by atoms with Crippen molar-refractivity contribution in [3.8, 4) is 17.0 Å². The van der Waals surface area contributed by atoms with Gasteiger partial charge < -0.3 is 14.6 Å². The number of carbonyl (C=O) groups is 1. The molecule has 1 aromatic heterocycles. The van der Waals surface area contributed by atoms with Crippen LogP contribution in [-0.4, -0.2) is 16.7 Å². The second-order valence-electron chi connectivity index (χ2n) is 7.42. The number of alkyl halides is 3. The normalized spacial score (nSPS) is 11.6. The Balaban J connectivity index is 2.25. The summed E-state index contributed by atoms with van der Waals surface area (Å²) in [6.07, 6.45) is -5.48. The zero-order valence-corrected chi connectivity index (χ0v) is 18.0. The van der Waals surface area contributed by atoms with Crippen molar-refractivity contribution in [1.29, 1.82) is 0 Å². The number of benzene rings is 2. The summed E-state index contributed by atoms with van der Waals surface area (Å²) in [7, 11) is 0. The summed E-state index contributed by atoms with van der Waals surface area (Å²) < 4.78 is 48.9. The molecule has 0 unspecified atom stereocenters. The molecule has 0 bridgehead atoms. The van der Waals surface area contributed by atoms with Gasteiger partial charge >= 0.3 is 12.3 Å². The second kappa shape index (κ2) is 9.06. The van der Waals surface area contributed by atoms with E-state index >= 15 is 0 Å². The smallest absolute Gasteiger partial charge is 0.392 e. The van der Waals surface area contributed by atoms with Crippen LogP contribution in [0.25, 0.3) is 11.1 Å². The molecule has 1 amide bonds. The summed E-state index contributed by atoms with van der Waals surface area (Å²) in [6.45, 7) is 4.73. The van der Waals surface area contributed by atoms with E-state index in [9.17, 15) is 18.0 Å². The fraction of sp³-hybridized carbons (Fsp3) is 0.261. The van der Waals surface area contributed by atoms with Crippen molar-refractivity contribution in [2.24, 2.45) is 0 Å². The van der Waals surface area contributed by atoms with Crippen LogP contribution in [0.3, 0.4) is 0 Å². The Hall–Kier alpha value is -2.93. The molecule has 1 heterocycles. The van der Waals surface area contributed by atoms with Gasteiger partial charge in [-0.2, -0.15) is 13.2 Å². The molecule has 0 aliphatic heterocycles. The summed E-state index contributed by atoms with van der Waals surface area (Å²) in [6, 6.07) is 14.8. The highest BCUT2D eigenvalue weighted by Crippen LogP contribution is 2.45. The highest BCUT2D eigenvalue weighted by atomic mass is 35.5. The molecule has 164 valence electrons. The first-order valence-corrected chi connectivity index (χ1v) is 10.0. The maximum atomic E-state index is 14.1. The summed E-state index contributed by atoms with van der Waals surface area (Å²) in [5.74, 6) is -0.172. The maximum Gasteiger partial charge on any atom is 0.431 e. The number of hydrogen-bond donors (Lipinski definition) is 1. The number of carbonyl (C=O) groups excluding carboxylic acids is 1. The third-order valence-corrected chi connectivity index (χ3v) is 4.89. The number of nitrogens with zero attached hydrogens (tertiary/aromatic N) is 1. The molecule has 0 atom stereocenters. The van der Waals surface area contributed by atoms with E-state index in [4.69, 9.17) is 16.3 Å². The molecule has 3 aromatic rings. The molecule has 0 aliphatic carbocycles. The van der Waals surface area contributed by atoms with Crippen molar-refractivity contribution in [2.75, 3.05) is 0 Å². The molecule has 1 N–H and O–H groups in total. The van der Waals surface area contributed by atoms with Crippen LogP contribution in [0.2, 0.25) is 5.02 Å². The number of aromatic nitrogens is 1. The molecule has 0 saturated heterocycles. The highest BCUT2D eigenvalue weighted by Gasteiger charge is 2.41. The topological polar surface area (TPSA) is 43.3 Å². The maximum absolute atomic E-state index is 14.1. The highest BCUT2D eigenvalue weighted by molar-refractivity contribution is 6.30. The molecule has 0 fully saturated rings. The number of ether oxygens (including phenoxy) is 1. The molecule has 8 heteroatoms. The molecule has 3 rings (SSSR count). The Bertz CT molecular complexity index is 1060. The third kappa shape index (κ3) is 5.22. The van der Waals surface area contributed by atoms with E-state index in [1.54, 1.807) is 68.4 Å². The SMILES string of the molecule is Cc1c(-c2ccc(Cl)cc2)c(OC(=O)NC(C)C)n(Cc2ccccc2)c1C(F)(F)F. The molecule has 4 nitrogen and oxygen atoms in total. The van der Waals surface area contributed by atoms with Crippen LogP contribution in [0.1, 0.15) is 30.7 Å². The molecule has 0 radical (unpaired) electrons. The van der Waals surface area contributed by atoms with E-state index in [1.165, 1.54) is 6.92 Å². The first-order chi connectivity index (χ1) is 14.6. The predicted octanol–water partition coefficient (Wildman–Crippen LogP) is 6.68. The van der Waals surface area contributed by atoms with E-state index in [2.05, 4.69) is 5.32 Å². The molecular weight excluding hydrogens is 429 g/mol. The van der Waals surface area contributed by atoms with Gasteiger partial charge in [0.05, 0.1) is 6.54 Å². The van der Waals surface area contributed by atoms with Crippen LogP contribution < -0.4 is 10.1 Å². The van der Waals surface area contributed by atoms with Gasteiger partial charge in [-0.3, -0.25) is 0 Å². The van der Waals surface area contributed by atoms with Crippen molar-refractivity contribution in [2.45, 2.75) is 39.5 Å². The zero-order chi connectivity index (χ0) is 22.8. The summed E-state index contributed by atoms with van der Waals surface area (Å²) in [4.78, 5) is 12.4. The average Bonchev–Trinajstić information content (AvgIpc) is 2.94. The quantitative estimate of drug-likeness (QED) is 0.471. The molecule has 0 saturated carbocycles. The Morgan fingerprint density at radius 2 is 1.71 bits per heavy atom. The van der Waals surface area contributed by atoms with Crippen LogP contribution in [0, 0.1) is 6.92 Å². The summed E-state index contributed by atoms with van der Waals surface area (Å²) in [5, 5.41) is 3.01. The Kier molecular flexibility index (Phi) is 6.65. The molecule has 0 aliphatic rings. The average molecular weight is 451 g/mol. The van der Waals surface area contributed by atoms with Crippen molar-refractivity contribution >= 4 is 17.7 Å². The monoisotopic (exact) mass is 450 g/mol. The van der Waals surface area contributed by atoms with Crippen molar-refractivity contribution in [3.05, 3.63) is 76.4 Å². The van der Waals surface area contributed by atoms with Crippen LogP contribution in [-0.2, 0) is 12.7 Å². The molecule has 2 aromatic carbocycles. The van der Waals surface area contributed by atoms with Gasteiger partial charge in [-0.15, -0.1) is 0 Å². The Morgan fingerprint density at radius 1 is 1.10 bits per heavy atom. The lowest BCUT2D eigenvalue weighted by Crippen LogP contribution is -2.33. The number of halogens is 4. The fourth-order valence-electron chi connectivity index (χ4n) is 3.42. The van der Waals surface area contributed by atoms with Gasteiger partial charge in [0.2, 0.25) is 5.88 Å². The van der Waals surface area contributed by atoms with Gasteiger partial charge in [-0.1, -0.05) is 54.1 Å². The van der Waals surface area contributed by atoms with Crippen molar-refractivity contribution < 1.29 is 22.7 Å². The third-order valence-electron chi connectivity index (χ3n) is 4.64.